The Bertz CT molecular complexity index is 1830. The number of phosphoric ester groups is 1. The van der Waals surface area contributed by atoms with E-state index in [-0.39, 0.29) is 19.1 Å². The van der Waals surface area contributed by atoms with Crippen LogP contribution >= 0.6 is 7.82 Å². The molecule has 0 saturated heterocycles. The van der Waals surface area contributed by atoms with E-state index in [9.17, 15) is 19.4 Å². The predicted octanol–water partition coefficient (Wildman–Crippen LogP) is 20.8. The van der Waals surface area contributed by atoms with Crippen molar-refractivity contribution < 1.29 is 32.9 Å². The minimum atomic E-state index is -4.37. The third kappa shape index (κ3) is 63.8. The molecule has 0 aliphatic carbocycles. The summed E-state index contributed by atoms with van der Waals surface area (Å²) >= 11 is 0. The maximum absolute atomic E-state index is 13.0. The van der Waals surface area contributed by atoms with Crippen LogP contribution in [0.3, 0.4) is 0 Å². The van der Waals surface area contributed by atoms with Gasteiger partial charge in [0.25, 0.3) is 0 Å². The van der Waals surface area contributed by atoms with Crippen LogP contribution in [0.1, 0.15) is 251 Å². The van der Waals surface area contributed by atoms with Gasteiger partial charge in [0.05, 0.1) is 39.9 Å². The Morgan fingerprint density at radius 3 is 1.14 bits per heavy atom. The van der Waals surface area contributed by atoms with Crippen molar-refractivity contribution in [2.75, 3.05) is 40.9 Å². The van der Waals surface area contributed by atoms with Gasteiger partial charge in [0.2, 0.25) is 5.91 Å². The molecule has 3 atom stereocenters. The number of allylic oxidation sites excluding steroid dienone is 23. The Kier molecular flexibility index (Phi) is 58.2. The summed E-state index contributed by atoms with van der Waals surface area (Å²) in [5.41, 5.74) is 0. The first-order valence-electron chi connectivity index (χ1n) is 32.7. The molecule has 0 bridgehead atoms. The maximum Gasteiger partial charge on any atom is 0.472 e. The number of hydrogen-bond donors (Lipinski definition) is 3. The van der Waals surface area contributed by atoms with Crippen LogP contribution in [0.4, 0.5) is 0 Å². The lowest BCUT2D eigenvalue weighted by Crippen LogP contribution is -2.45. The molecule has 81 heavy (non-hydrogen) atoms. The largest absolute Gasteiger partial charge is 0.472 e. The number of carbonyl (C=O) groups is 1. The van der Waals surface area contributed by atoms with Gasteiger partial charge >= 0.3 is 7.82 Å². The third-order valence-corrected chi connectivity index (χ3v) is 14.8. The van der Waals surface area contributed by atoms with E-state index in [2.05, 4.69) is 153 Å². The fraction of sp³-hybridized carbons (Fsp3) is 0.653. The zero-order chi connectivity index (χ0) is 59.1. The van der Waals surface area contributed by atoms with E-state index < -0.39 is 20.0 Å². The van der Waals surface area contributed by atoms with Crippen LogP contribution in [0, 0.1) is 0 Å². The molecule has 0 aliphatic rings. The van der Waals surface area contributed by atoms with Crippen molar-refractivity contribution in [3.63, 3.8) is 0 Å². The van der Waals surface area contributed by atoms with Gasteiger partial charge < -0.3 is 19.8 Å². The Morgan fingerprint density at radius 2 is 0.753 bits per heavy atom. The second-order valence-electron chi connectivity index (χ2n) is 22.7. The highest BCUT2D eigenvalue weighted by atomic mass is 31.2. The third-order valence-electron chi connectivity index (χ3n) is 13.8. The summed E-state index contributed by atoms with van der Waals surface area (Å²) < 4.78 is 23.7. The topological polar surface area (TPSA) is 105 Å². The lowest BCUT2D eigenvalue weighted by Gasteiger charge is -2.25. The number of rotatable bonds is 58. The first-order valence-corrected chi connectivity index (χ1v) is 34.2. The second-order valence-corrected chi connectivity index (χ2v) is 24.2. The number of hydrogen-bond acceptors (Lipinski definition) is 5. The summed E-state index contributed by atoms with van der Waals surface area (Å²) in [4.78, 5) is 23.4. The predicted molar refractivity (Wildman–Crippen MR) is 354 cm³/mol. The van der Waals surface area contributed by atoms with E-state index in [0.717, 1.165) is 116 Å². The molecule has 0 heterocycles. The van der Waals surface area contributed by atoms with Crippen molar-refractivity contribution in [2.24, 2.45) is 0 Å². The summed E-state index contributed by atoms with van der Waals surface area (Å²) in [6, 6.07) is -0.879. The molecule has 8 nitrogen and oxygen atoms in total. The van der Waals surface area contributed by atoms with Crippen molar-refractivity contribution in [1.29, 1.82) is 0 Å². The van der Waals surface area contributed by atoms with Gasteiger partial charge in [0.15, 0.2) is 0 Å². The highest BCUT2D eigenvalue weighted by molar-refractivity contribution is 7.47. The van der Waals surface area contributed by atoms with E-state index in [1.165, 1.54) is 116 Å². The Hall–Kier alpha value is -3.62. The number of unbranched alkanes of at least 4 members (excludes halogenated alkanes) is 23. The van der Waals surface area contributed by atoms with Gasteiger partial charge in [0.1, 0.15) is 13.2 Å². The van der Waals surface area contributed by atoms with Gasteiger partial charge in [-0.05, 0) is 109 Å². The highest BCUT2D eigenvalue weighted by Crippen LogP contribution is 2.43. The molecular weight excluding hydrogens is 1020 g/mol. The molecule has 462 valence electrons. The normalized spacial score (nSPS) is 14.7. The first kappa shape index (κ1) is 77.4. The Labute approximate surface area is 499 Å². The molecule has 0 aromatic carbocycles. The van der Waals surface area contributed by atoms with Gasteiger partial charge in [-0.1, -0.05) is 282 Å². The van der Waals surface area contributed by atoms with Gasteiger partial charge in [-0.15, -0.1) is 0 Å². The van der Waals surface area contributed by atoms with E-state index in [1.54, 1.807) is 6.08 Å². The molecule has 0 aromatic heterocycles. The molecule has 0 rings (SSSR count). The van der Waals surface area contributed by atoms with Crippen LogP contribution in [-0.4, -0.2) is 73.4 Å². The fourth-order valence-corrected chi connectivity index (χ4v) is 9.47. The van der Waals surface area contributed by atoms with Crippen molar-refractivity contribution in [3.05, 3.63) is 146 Å². The number of quaternary nitrogens is 1. The minimum Gasteiger partial charge on any atom is -0.387 e. The van der Waals surface area contributed by atoms with E-state index in [4.69, 9.17) is 9.05 Å². The van der Waals surface area contributed by atoms with Crippen LogP contribution < -0.4 is 5.32 Å². The highest BCUT2D eigenvalue weighted by Gasteiger charge is 2.27. The van der Waals surface area contributed by atoms with Gasteiger partial charge in [-0.25, -0.2) is 4.57 Å². The second kappa shape index (κ2) is 61.0. The average molecular weight is 1140 g/mol. The van der Waals surface area contributed by atoms with Crippen LogP contribution in [-0.2, 0) is 18.4 Å². The quantitative estimate of drug-likeness (QED) is 0.0243. The monoisotopic (exact) mass is 1140 g/mol. The number of likely N-dealkylation sites (N-methyl/N-ethyl adjacent to an activating group) is 1. The molecular formula is C72H124N2O6P+. The maximum atomic E-state index is 13.0. The van der Waals surface area contributed by atoms with Crippen molar-refractivity contribution in [3.8, 4) is 0 Å². The number of aliphatic hydroxyl groups excluding tert-OH is 1. The molecule has 9 heteroatoms. The van der Waals surface area contributed by atoms with Crippen LogP contribution in [0.5, 0.6) is 0 Å². The molecule has 3 unspecified atom stereocenters. The fourth-order valence-electron chi connectivity index (χ4n) is 8.73. The van der Waals surface area contributed by atoms with E-state index in [0.29, 0.717) is 17.4 Å². The summed E-state index contributed by atoms with van der Waals surface area (Å²) in [5, 5.41) is 13.9. The molecule has 1 amide bonds. The SMILES string of the molecule is CC/C=C\C/C=C\C/C=C\C/C=C\C/C=C\C/C=C\C/C=C\C/C=C\C/C=C\C/C=C\CCCCCCCCCCC(=O)NC(COP(=O)(O)OCC[N+](C)(C)C)C(O)/C=C/CC/C=C/CCCCCCCCCCCCCCCC. The summed E-state index contributed by atoms with van der Waals surface area (Å²) in [7, 11) is 1.53. The number of nitrogens with one attached hydrogen (secondary N) is 1. The van der Waals surface area contributed by atoms with Gasteiger partial charge in [-0.2, -0.15) is 0 Å². The summed E-state index contributed by atoms with van der Waals surface area (Å²) in [6.07, 6.45) is 94.0. The standard InChI is InChI=1S/C72H123N2O6P/c1-6-8-10-12-14-16-18-20-22-24-26-28-29-30-31-32-33-34-35-36-37-38-39-40-41-42-43-44-45-46-48-50-52-54-56-58-60-62-64-66-72(76)73-70(69-80-81(77,78)79-68-67-74(3,4)5)71(75)65-63-61-59-57-55-53-51-49-47-27-25-23-21-19-17-15-13-11-9-7-2/h8,10,14,16,20,22,26,28,30-31,33-34,36-37,39-40,42-43,45-46,55,57,63,65,70-71,75H,6-7,9,11-13,15,17-19,21,23-25,27,29,32,35,38,41,44,47-54,56,58-62,64,66-69H2,1-5H3,(H-,73,76,77,78)/p+1/b10-8-,16-14-,22-20-,28-26-,31-30-,34-33-,37-36-,40-39-,43-42-,46-45-,57-55+,65-63+. The number of phosphoric acid groups is 1. The molecule has 0 radical (unpaired) electrons. The molecule has 0 aliphatic heterocycles. The van der Waals surface area contributed by atoms with Crippen molar-refractivity contribution in [1.82, 2.24) is 5.32 Å². The zero-order valence-electron chi connectivity index (χ0n) is 52.7. The van der Waals surface area contributed by atoms with E-state index >= 15 is 0 Å². The molecule has 0 saturated carbocycles. The number of carbonyl (C=O) groups excluding carboxylic acids is 1. The Morgan fingerprint density at radius 1 is 0.432 bits per heavy atom. The molecule has 0 aromatic rings. The van der Waals surface area contributed by atoms with Gasteiger partial charge in [0, 0.05) is 6.42 Å². The van der Waals surface area contributed by atoms with Crippen molar-refractivity contribution >= 4 is 13.7 Å². The molecule has 3 N–H and O–H groups in total. The lowest BCUT2D eigenvalue weighted by atomic mass is 10.0. The Balaban J connectivity index is 4.20. The smallest absolute Gasteiger partial charge is 0.387 e. The van der Waals surface area contributed by atoms with Crippen LogP contribution in [0.25, 0.3) is 0 Å². The van der Waals surface area contributed by atoms with Crippen LogP contribution in [0.15, 0.2) is 146 Å². The average Bonchev–Trinajstić information content (AvgIpc) is 3.43. The summed E-state index contributed by atoms with van der Waals surface area (Å²) in [6.45, 7) is 4.67. The number of amides is 1. The van der Waals surface area contributed by atoms with Gasteiger partial charge in [-0.3, -0.25) is 13.8 Å². The molecule has 0 fully saturated rings. The van der Waals surface area contributed by atoms with E-state index in [1.807, 2.05) is 27.2 Å². The molecule has 0 spiro atoms. The number of nitrogens with zero attached hydrogens (tertiary/aromatic N) is 1. The summed E-state index contributed by atoms with van der Waals surface area (Å²) in [5.74, 6) is -0.200. The first-order chi connectivity index (χ1) is 39.5. The van der Waals surface area contributed by atoms with Crippen molar-refractivity contribution in [2.45, 2.75) is 264 Å². The number of aliphatic hydroxyl groups is 1. The minimum absolute atomic E-state index is 0.0474. The van der Waals surface area contributed by atoms with Crippen LogP contribution in [0.2, 0.25) is 0 Å². The lowest BCUT2D eigenvalue weighted by molar-refractivity contribution is -0.870. The zero-order valence-corrected chi connectivity index (χ0v) is 53.6.